The summed E-state index contributed by atoms with van der Waals surface area (Å²) in [6.45, 7) is 5.98. The van der Waals surface area contributed by atoms with Crippen LogP contribution in [0.2, 0.25) is 0 Å². The molecule has 4 heteroatoms. The Balaban J connectivity index is 2.21. The van der Waals surface area contributed by atoms with Crippen LogP contribution in [0.3, 0.4) is 0 Å². The summed E-state index contributed by atoms with van der Waals surface area (Å²) in [6, 6.07) is 0. The Morgan fingerprint density at radius 1 is 1.47 bits per heavy atom. The van der Waals surface area contributed by atoms with Gasteiger partial charge < -0.3 is 10.2 Å². The van der Waals surface area contributed by atoms with Gasteiger partial charge in [-0.1, -0.05) is 12.8 Å². The Hall–Kier alpha value is -1.05. The fourth-order valence-electron chi connectivity index (χ4n) is 1.96. The first kappa shape index (κ1) is 14.0. The highest BCUT2D eigenvalue weighted by Crippen LogP contribution is 2.29. The Bertz CT molecular complexity index is 288. The smallest absolute Gasteiger partial charge is 0.234 e. The molecule has 96 valence electrons. The number of nitrogens with zero attached hydrogens (tertiary/aromatic N) is 1. The van der Waals surface area contributed by atoms with E-state index in [-0.39, 0.29) is 11.3 Å². The van der Waals surface area contributed by atoms with Crippen LogP contribution in [0.25, 0.3) is 0 Å². The van der Waals surface area contributed by atoms with E-state index in [0.717, 1.165) is 32.5 Å². The molecule has 0 aromatic rings. The Morgan fingerprint density at radius 3 is 2.71 bits per heavy atom. The molecule has 17 heavy (non-hydrogen) atoms. The van der Waals surface area contributed by atoms with Crippen molar-refractivity contribution in [3.63, 3.8) is 0 Å². The van der Waals surface area contributed by atoms with Crippen molar-refractivity contribution in [2.45, 2.75) is 19.8 Å². The van der Waals surface area contributed by atoms with Gasteiger partial charge in [0.05, 0.1) is 13.1 Å². The first-order valence-corrected chi connectivity index (χ1v) is 6.15. The molecule has 1 rings (SSSR count). The van der Waals surface area contributed by atoms with Gasteiger partial charge in [-0.25, -0.2) is 0 Å². The quantitative estimate of drug-likeness (QED) is 0.525. The van der Waals surface area contributed by atoms with E-state index in [0.29, 0.717) is 13.1 Å². The van der Waals surface area contributed by atoms with Crippen molar-refractivity contribution in [3.05, 3.63) is 0 Å². The van der Waals surface area contributed by atoms with Gasteiger partial charge >= 0.3 is 0 Å². The van der Waals surface area contributed by atoms with Crippen molar-refractivity contribution in [2.75, 3.05) is 39.8 Å². The van der Waals surface area contributed by atoms with Crippen LogP contribution in [0.15, 0.2) is 0 Å². The summed E-state index contributed by atoms with van der Waals surface area (Å²) < 4.78 is 0. The number of hydrogen-bond acceptors (Lipinski definition) is 3. The van der Waals surface area contributed by atoms with Gasteiger partial charge in [0.15, 0.2) is 0 Å². The van der Waals surface area contributed by atoms with Crippen LogP contribution in [-0.4, -0.2) is 50.6 Å². The van der Waals surface area contributed by atoms with Gasteiger partial charge in [0.25, 0.3) is 0 Å². The molecule has 0 atom stereocenters. The number of carbonyl (C=O) groups excluding carboxylic acids is 1. The molecule has 0 aromatic heterocycles. The molecule has 2 N–H and O–H groups in total. The molecule has 1 aliphatic rings. The lowest BCUT2D eigenvalue weighted by molar-refractivity contribution is -0.120. The fourth-order valence-corrected chi connectivity index (χ4v) is 1.96. The third-order valence-electron chi connectivity index (χ3n) is 3.42. The van der Waals surface area contributed by atoms with Gasteiger partial charge in [-0.3, -0.25) is 10.1 Å². The average molecular weight is 237 g/mol. The number of terminal acetylenes is 1. The predicted octanol–water partition coefficient (Wildman–Crippen LogP) is 0.0573. The van der Waals surface area contributed by atoms with E-state index in [9.17, 15) is 4.79 Å². The maximum atomic E-state index is 11.5. The normalized spacial score (nSPS) is 19.6. The van der Waals surface area contributed by atoms with Gasteiger partial charge in [0.1, 0.15) is 0 Å². The van der Waals surface area contributed by atoms with Crippen LogP contribution in [0.1, 0.15) is 19.8 Å². The topological polar surface area (TPSA) is 44.4 Å². The monoisotopic (exact) mass is 237 g/mol. The summed E-state index contributed by atoms with van der Waals surface area (Å²) >= 11 is 0. The minimum Gasteiger partial charge on any atom is -0.354 e. The van der Waals surface area contributed by atoms with Crippen molar-refractivity contribution in [1.82, 2.24) is 15.5 Å². The molecule has 0 aliphatic carbocycles. The summed E-state index contributed by atoms with van der Waals surface area (Å²) in [5.74, 6) is 2.47. The second-order valence-corrected chi connectivity index (χ2v) is 5.20. The standard InChI is InChI=1S/C13H23N3O/c1-4-7-14-10-12(17)15-11-13(2)5-8-16(3)9-6-13/h1,14H,5-11H2,2-3H3,(H,15,17). The molecular weight excluding hydrogens is 214 g/mol. The van der Waals surface area contributed by atoms with Crippen LogP contribution >= 0.6 is 0 Å². The van der Waals surface area contributed by atoms with Gasteiger partial charge in [-0.2, -0.15) is 0 Å². The van der Waals surface area contributed by atoms with E-state index in [4.69, 9.17) is 6.42 Å². The Kier molecular flexibility index (Phi) is 5.46. The second-order valence-electron chi connectivity index (χ2n) is 5.20. The van der Waals surface area contributed by atoms with Crippen molar-refractivity contribution in [1.29, 1.82) is 0 Å². The summed E-state index contributed by atoms with van der Waals surface area (Å²) in [6.07, 6.45) is 7.37. The molecule has 0 spiro atoms. The van der Waals surface area contributed by atoms with Crippen molar-refractivity contribution in [3.8, 4) is 12.3 Å². The minimum atomic E-state index is 0.0282. The van der Waals surface area contributed by atoms with Gasteiger partial charge in [-0.15, -0.1) is 6.42 Å². The highest BCUT2D eigenvalue weighted by atomic mass is 16.1. The molecule has 0 unspecified atom stereocenters. The zero-order valence-corrected chi connectivity index (χ0v) is 10.9. The summed E-state index contributed by atoms with van der Waals surface area (Å²) in [7, 11) is 2.14. The van der Waals surface area contributed by atoms with Gasteiger partial charge in [0, 0.05) is 6.54 Å². The maximum Gasteiger partial charge on any atom is 0.234 e. The van der Waals surface area contributed by atoms with E-state index in [2.05, 4.69) is 35.4 Å². The number of nitrogens with one attached hydrogen (secondary N) is 2. The van der Waals surface area contributed by atoms with E-state index in [1.165, 1.54) is 0 Å². The fraction of sp³-hybridized carbons (Fsp3) is 0.769. The number of amides is 1. The van der Waals surface area contributed by atoms with Crippen LogP contribution < -0.4 is 10.6 Å². The van der Waals surface area contributed by atoms with E-state index < -0.39 is 0 Å². The zero-order chi connectivity index (χ0) is 12.7. The van der Waals surface area contributed by atoms with Crippen LogP contribution in [-0.2, 0) is 4.79 Å². The Labute approximate surface area is 104 Å². The molecule has 0 aromatic carbocycles. The van der Waals surface area contributed by atoms with Crippen molar-refractivity contribution < 1.29 is 4.79 Å². The summed E-state index contributed by atoms with van der Waals surface area (Å²) in [5.41, 5.74) is 0.244. The van der Waals surface area contributed by atoms with E-state index in [1.807, 2.05) is 0 Å². The molecule has 1 amide bonds. The number of likely N-dealkylation sites (tertiary alicyclic amines) is 1. The molecule has 1 aliphatic heterocycles. The Morgan fingerprint density at radius 2 is 2.12 bits per heavy atom. The first-order valence-electron chi connectivity index (χ1n) is 6.15. The van der Waals surface area contributed by atoms with Crippen molar-refractivity contribution >= 4 is 5.91 Å². The van der Waals surface area contributed by atoms with Gasteiger partial charge in [-0.05, 0) is 38.4 Å². The highest BCUT2D eigenvalue weighted by Gasteiger charge is 2.28. The average Bonchev–Trinajstić information content (AvgIpc) is 2.32. The summed E-state index contributed by atoms with van der Waals surface area (Å²) in [5, 5.41) is 5.86. The molecule has 1 saturated heterocycles. The number of hydrogen-bond donors (Lipinski definition) is 2. The lowest BCUT2D eigenvalue weighted by atomic mass is 9.80. The summed E-state index contributed by atoms with van der Waals surface area (Å²) in [4.78, 5) is 13.8. The molecule has 1 fully saturated rings. The third kappa shape index (κ3) is 5.20. The highest BCUT2D eigenvalue weighted by molar-refractivity contribution is 5.78. The lowest BCUT2D eigenvalue weighted by Gasteiger charge is -2.37. The zero-order valence-electron chi connectivity index (χ0n) is 10.9. The number of piperidine rings is 1. The van der Waals surface area contributed by atoms with Crippen molar-refractivity contribution in [2.24, 2.45) is 5.41 Å². The van der Waals surface area contributed by atoms with Crippen LogP contribution in [0.5, 0.6) is 0 Å². The lowest BCUT2D eigenvalue weighted by Crippen LogP contribution is -2.45. The number of rotatable bonds is 5. The first-order chi connectivity index (χ1) is 8.06. The number of carbonyl (C=O) groups is 1. The molecule has 1 heterocycles. The second kappa shape index (κ2) is 6.63. The van der Waals surface area contributed by atoms with Gasteiger partial charge in [0.2, 0.25) is 5.91 Å². The molecular formula is C13H23N3O. The van der Waals surface area contributed by atoms with E-state index in [1.54, 1.807) is 0 Å². The van der Waals surface area contributed by atoms with Crippen LogP contribution in [0.4, 0.5) is 0 Å². The SMILES string of the molecule is C#CCNCC(=O)NCC1(C)CCN(C)CC1. The molecule has 0 saturated carbocycles. The third-order valence-corrected chi connectivity index (χ3v) is 3.42. The predicted molar refractivity (Wildman–Crippen MR) is 69.6 cm³/mol. The van der Waals surface area contributed by atoms with Crippen LogP contribution in [0, 0.1) is 17.8 Å². The molecule has 0 bridgehead atoms. The minimum absolute atomic E-state index is 0.0282. The van der Waals surface area contributed by atoms with E-state index >= 15 is 0 Å². The largest absolute Gasteiger partial charge is 0.354 e. The molecule has 4 nitrogen and oxygen atoms in total. The molecule has 0 radical (unpaired) electrons. The maximum absolute atomic E-state index is 11.5.